The fourth-order valence-corrected chi connectivity index (χ4v) is 2.02. The van der Waals surface area contributed by atoms with Crippen LogP contribution in [0.2, 0.25) is 0 Å². The van der Waals surface area contributed by atoms with E-state index in [9.17, 15) is 0 Å². The molecular formula is C10H19NNaOS2+. The van der Waals surface area contributed by atoms with Crippen molar-refractivity contribution < 1.29 is 34.3 Å². The van der Waals surface area contributed by atoms with Crippen molar-refractivity contribution in [2.45, 2.75) is 39.2 Å². The van der Waals surface area contributed by atoms with Crippen molar-refractivity contribution in [3.63, 3.8) is 0 Å². The van der Waals surface area contributed by atoms with Crippen LogP contribution in [0.4, 0.5) is 0 Å². The molecule has 1 aliphatic heterocycles. The molecule has 1 rings (SSSR count). The normalized spacial score (nSPS) is 26.9. The van der Waals surface area contributed by atoms with Crippen molar-refractivity contribution in [1.29, 1.82) is 0 Å². The predicted octanol–water partition coefficient (Wildman–Crippen LogP) is -0.310. The van der Waals surface area contributed by atoms with E-state index in [0.717, 1.165) is 12.5 Å². The smallest absolute Gasteiger partial charge is 0.463 e. The summed E-state index contributed by atoms with van der Waals surface area (Å²) in [5.41, 5.74) is 0. The SMILES string of the molecule is CCC1CCC(C)N(COC(=S)S)C1.[Na+]. The minimum absolute atomic E-state index is 0. The molecule has 0 aromatic carbocycles. The summed E-state index contributed by atoms with van der Waals surface area (Å²) in [4.78, 5) is 2.35. The molecule has 0 aromatic heterocycles. The third-order valence-corrected chi connectivity index (χ3v) is 3.29. The first-order valence-corrected chi connectivity index (χ1v) is 6.08. The van der Waals surface area contributed by atoms with Gasteiger partial charge in [0.1, 0.15) is 6.73 Å². The number of piperidine rings is 1. The Morgan fingerprint density at radius 3 is 2.73 bits per heavy atom. The Labute approximate surface area is 126 Å². The standard InChI is InChI=1S/C10H19NOS2.Na/c1-3-9-5-4-8(2)11(6-9)7-12-10(13)14;/h8-9H,3-7H2,1-2H3,(H,13,14);/q;+1. The molecule has 0 aromatic rings. The summed E-state index contributed by atoms with van der Waals surface area (Å²) >= 11 is 8.73. The Morgan fingerprint density at radius 1 is 1.53 bits per heavy atom. The monoisotopic (exact) mass is 256 g/mol. The summed E-state index contributed by atoms with van der Waals surface area (Å²) in [6.45, 7) is 6.23. The summed E-state index contributed by atoms with van der Waals surface area (Å²) in [7, 11) is 0. The molecule has 2 atom stereocenters. The topological polar surface area (TPSA) is 12.5 Å². The molecule has 0 bridgehead atoms. The maximum Gasteiger partial charge on any atom is 1.00 e. The van der Waals surface area contributed by atoms with Crippen LogP contribution in [0.5, 0.6) is 0 Å². The zero-order valence-electron chi connectivity index (χ0n) is 9.90. The molecule has 0 amide bonds. The van der Waals surface area contributed by atoms with Crippen molar-refractivity contribution in [2.75, 3.05) is 13.3 Å². The molecular weight excluding hydrogens is 237 g/mol. The molecule has 1 aliphatic rings. The number of hydrogen-bond donors (Lipinski definition) is 1. The molecule has 0 saturated carbocycles. The molecule has 1 saturated heterocycles. The molecule has 82 valence electrons. The van der Waals surface area contributed by atoms with E-state index in [1.54, 1.807) is 0 Å². The zero-order valence-corrected chi connectivity index (χ0v) is 13.6. The Morgan fingerprint density at radius 2 is 2.20 bits per heavy atom. The van der Waals surface area contributed by atoms with Gasteiger partial charge in [0.2, 0.25) is 4.38 Å². The summed E-state index contributed by atoms with van der Waals surface area (Å²) in [5, 5.41) is 0. The molecule has 2 unspecified atom stereocenters. The quantitative estimate of drug-likeness (QED) is 0.423. The number of thiocarbonyl (C=S) groups is 1. The van der Waals surface area contributed by atoms with Gasteiger partial charge in [0.15, 0.2) is 0 Å². The molecule has 5 heteroatoms. The van der Waals surface area contributed by atoms with Gasteiger partial charge in [0.05, 0.1) is 0 Å². The second kappa shape index (κ2) is 8.31. The van der Waals surface area contributed by atoms with Gasteiger partial charge < -0.3 is 4.74 Å². The van der Waals surface area contributed by atoms with Crippen LogP contribution >= 0.6 is 24.8 Å². The number of likely N-dealkylation sites (tertiary alicyclic amines) is 1. The van der Waals surface area contributed by atoms with Crippen LogP contribution < -0.4 is 29.6 Å². The van der Waals surface area contributed by atoms with Crippen molar-refractivity contribution in [3.05, 3.63) is 0 Å². The van der Waals surface area contributed by atoms with Crippen molar-refractivity contribution in [1.82, 2.24) is 4.90 Å². The molecule has 0 spiro atoms. The molecule has 1 fully saturated rings. The van der Waals surface area contributed by atoms with Crippen LogP contribution in [0.1, 0.15) is 33.1 Å². The van der Waals surface area contributed by atoms with E-state index >= 15 is 0 Å². The van der Waals surface area contributed by atoms with E-state index in [1.165, 1.54) is 19.3 Å². The molecule has 15 heavy (non-hydrogen) atoms. The minimum atomic E-state index is 0. The number of thiol groups is 1. The van der Waals surface area contributed by atoms with Gasteiger partial charge in [-0.05, 0) is 37.9 Å². The van der Waals surface area contributed by atoms with Crippen molar-refractivity contribution >= 4 is 29.2 Å². The number of nitrogens with zero attached hydrogens (tertiary/aromatic N) is 1. The Kier molecular flexibility index (Phi) is 8.98. The number of rotatable bonds is 3. The molecule has 2 nitrogen and oxygen atoms in total. The second-order valence-corrected chi connectivity index (χ2v) is 5.09. The van der Waals surface area contributed by atoms with Crippen LogP contribution in [0.15, 0.2) is 0 Å². The van der Waals surface area contributed by atoms with E-state index in [1.807, 2.05) is 0 Å². The first-order chi connectivity index (χ1) is 6.63. The Bertz CT molecular complexity index is 204. The minimum Gasteiger partial charge on any atom is -0.463 e. The first-order valence-electron chi connectivity index (χ1n) is 5.23. The van der Waals surface area contributed by atoms with E-state index in [4.69, 9.17) is 17.0 Å². The van der Waals surface area contributed by atoms with E-state index in [-0.39, 0.29) is 29.6 Å². The molecule has 0 aliphatic carbocycles. The first kappa shape index (κ1) is 16.2. The average Bonchev–Trinajstić information content (AvgIpc) is 2.16. The van der Waals surface area contributed by atoms with Gasteiger partial charge in [-0.2, -0.15) is 0 Å². The third-order valence-electron chi connectivity index (χ3n) is 3.04. The summed E-state index contributed by atoms with van der Waals surface area (Å²) in [6, 6.07) is 0.612. The van der Waals surface area contributed by atoms with Crippen LogP contribution in [0.3, 0.4) is 0 Å². The molecule has 1 heterocycles. The largest absolute Gasteiger partial charge is 1.00 e. The average molecular weight is 256 g/mol. The van der Waals surface area contributed by atoms with E-state index in [0.29, 0.717) is 17.2 Å². The summed E-state index contributed by atoms with van der Waals surface area (Å²) in [5.74, 6) is 0.822. The van der Waals surface area contributed by atoms with Gasteiger partial charge in [0, 0.05) is 12.6 Å². The predicted molar refractivity (Wildman–Crippen MR) is 66.7 cm³/mol. The van der Waals surface area contributed by atoms with Gasteiger partial charge in [-0.1, -0.05) is 26.0 Å². The van der Waals surface area contributed by atoms with Crippen molar-refractivity contribution in [3.8, 4) is 0 Å². The van der Waals surface area contributed by atoms with Gasteiger partial charge in [-0.3, -0.25) is 4.90 Å². The van der Waals surface area contributed by atoms with Crippen LogP contribution in [-0.4, -0.2) is 28.6 Å². The second-order valence-electron chi connectivity index (χ2n) is 4.01. The molecule has 0 radical (unpaired) electrons. The van der Waals surface area contributed by atoms with Crippen LogP contribution in [0.25, 0.3) is 0 Å². The van der Waals surface area contributed by atoms with Gasteiger partial charge in [-0.25, -0.2) is 0 Å². The Balaban J connectivity index is 0.00000196. The van der Waals surface area contributed by atoms with E-state index < -0.39 is 0 Å². The summed E-state index contributed by atoms with van der Waals surface area (Å²) < 4.78 is 5.61. The van der Waals surface area contributed by atoms with Crippen LogP contribution in [0, 0.1) is 5.92 Å². The number of hydrogen-bond acceptors (Lipinski definition) is 3. The summed E-state index contributed by atoms with van der Waals surface area (Å²) in [6.07, 6.45) is 3.87. The maximum absolute atomic E-state index is 5.27. The number of ether oxygens (including phenoxy) is 1. The van der Waals surface area contributed by atoms with Crippen molar-refractivity contribution in [2.24, 2.45) is 5.92 Å². The van der Waals surface area contributed by atoms with Gasteiger partial charge in [-0.15, -0.1) is 0 Å². The molecule has 0 N–H and O–H groups in total. The third kappa shape index (κ3) is 5.89. The van der Waals surface area contributed by atoms with Gasteiger partial charge >= 0.3 is 29.6 Å². The van der Waals surface area contributed by atoms with E-state index in [2.05, 4.69) is 31.4 Å². The fourth-order valence-electron chi connectivity index (χ4n) is 1.91. The Hall–Kier alpha value is 1.20. The van der Waals surface area contributed by atoms with Gasteiger partial charge in [0.25, 0.3) is 0 Å². The fraction of sp³-hybridized carbons (Fsp3) is 0.900. The van der Waals surface area contributed by atoms with Crippen LogP contribution in [-0.2, 0) is 4.74 Å². The zero-order chi connectivity index (χ0) is 10.6. The maximum atomic E-state index is 5.27.